The van der Waals surface area contributed by atoms with E-state index in [4.69, 9.17) is 14.5 Å². The molecule has 4 rings (SSSR count). The summed E-state index contributed by atoms with van der Waals surface area (Å²) in [4.78, 5) is 20.5. The van der Waals surface area contributed by atoms with Crippen LogP contribution in [0, 0.1) is 6.92 Å². The monoisotopic (exact) mass is 458 g/mol. The number of aryl methyl sites for hydroxylation is 1. The number of methoxy groups -OCH3 is 1. The molecule has 5 nitrogen and oxygen atoms in total. The first-order valence-corrected chi connectivity index (χ1v) is 11.6. The molecule has 1 fully saturated rings. The van der Waals surface area contributed by atoms with Crippen molar-refractivity contribution in [3.8, 4) is 11.5 Å². The van der Waals surface area contributed by atoms with Crippen LogP contribution in [0.4, 0.5) is 5.69 Å². The maximum atomic E-state index is 13.4. The molecule has 3 aromatic rings. The zero-order chi connectivity index (χ0) is 23.2. The molecule has 0 spiro atoms. The van der Waals surface area contributed by atoms with Crippen LogP contribution in [0.2, 0.25) is 0 Å². The maximum absolute atomic E-state index is 13.4. The number of hydrogen-bond acceptors (Lipinski definition) is 5. The molecule has 0 unspecified atom stereocenters. The Kier molecular flexibility index (Phi) is 7.15. The Morgan fingerprint density at radius 1 is 1.00 bits per heavy atom. The summed E-state index contributed by atoms with van der Waals surface area (Å²) in [7, 11) is 1.61. The lowest BCUT2D eigenvalue weighted by molar-refractivity contribution is -0.122. The minimum Gasteiger partial charge on any atom is -0.493 e. The molecule has 33 heavy (non-hydrogen) atoms. The van der Waals surface area contributed by atoms with Crippen LogP contribution in [0.1, 0.15) is 23.6 Å². The van der Waals surface area contributed by atoms with Crippen LogP contribution in [-0.2, 0) is 11.3 Å². The molecule has 1 saturated heterocycles. The number of amides is 1. The van der Waals surface area contributed by atoms with Crippen molar-refractivity contribution in [3.05, 3.63) is 94.4 Å². The molecule has 1 heterocycles. The minimum absolute atomic E-state index is 0.0671. The highest BCUT2D eigenvalue weighted by Gasteiger charge is 2.33. The summed E-state index contributed by atoms with van der Waals surface area (Å²) in [6, 6.07) is 23.6. The first kappa shape index (κ1) is 22.7. The number of carbonyl (C=O) groups is 1. The van der Waals surface area contributed by atoms with Crippen LogP contribution in [0.25, 0.3) is 6.08 Å². The van der Waals surface area contributed by atoms with Crippen LogP contribution in [0.3, 0.4) is 0 Å². The molecule has 0 saturated carbocycles. The number of amidine groups is 1. The Labute approximate surface area is 198 Å². The minimum atomic E-state index is -0.0671. The number of benzene rings is 3. The normalized spacial score (nSPS) is 16.0. The van der Waals surface area contributed by atoms with Gasteiger partial charge >= 0.3 is 0 Å². The first-order valence-electron chi connectivity index (χ1n) is 10.8. The van der Waals surface area contributed by atoms with E-state index < -0.39 is 0 Å². The second-order valence-corrected chi connectivity index (χ2v) is 8.57. The zero-order valence-corrected chi connectivity index (χ0v) is 19.8. The SMILES string of the molecule is CCOc1ccc(/C=C2/SC(=Nc3ccc(C)cc3)N(Cc3ccccc3)C2=O)cc1OC. The number of hydrogen-bond donors (Lipinski definition) is 0. The lowest BCUT2D eigenvalue weighted by Gasteiger charge is -2.15. The van der Waals surface area contributed by atoms with Crippen LogP contribution >= 0.6 is 11.8 Å². The second-order valence-electron chi connectivity index (χ2n) is 7.56. The van der Waals surface area contributed by atoms with Crippen LogP contribution in [0.15, 0.2) is 82.7 Å². The van der Waals surface area contributed by atoms with Crippen LogP contribution in [-0.4, -0.2) is 29.7 Å². The van der Waals surface area contributed by atoms with Crippen LogP contribution < -0.4 is 9.47 Å². The summed E-state index contributed by atoms with van der Waals surface area (Å²) in [5.41, 5.74) is 3.90. The van der Waals surface area contributed by atoms with Gasteiger partial charge in [0, 0.05) is 0 Å². The highest BCUT2D eigenvalue weighted by atomic mass is 32.2. The van der Waals surface area contributed by atoms with Gasteiger partial charge in [-0.1, -0.05) is 54.1 Å². The second kappa shape index (κ2) is 10.4. The Hall–Kier alpha value is -3.51. The van der Waals surface area contributed by atoms with Crippen molar-refractivity contribution in [1.29, 1.82) is 0 Å². The van der Waals surface area contributed by atoms with Crippen molar-refractivity contribution in [3.63, 3.8) is 0 Å². The lowest BCUT2D eigenvalue weighted by atomic mass is 10.1. The molecule has 1 amide bonds. The van der Waals surface area contributed by atoms with Gasteiger partial charge in [0.05, 0.1) is 30.9 Å². The fourth-order valence-electron chi connectivity index (χ4n) is 3.43. The van der Waals surface area contributed by atoms with Gasteiger partial charge in [0.2, 0.25) is 0 Å². The van der Waals surface area contributed by atoms with Gasteiger partial charge in [-0.2, -0.15) is 0 Å². The Morgan fingerprint density at radius 2 is 1.76 bits per heavy atom. The van der Waals surface area contributed by atoms with E-state index in [1.165, 1.54) is 17.3 Å². The van der Waals surface area contributed by atoms with E-state index in [9.17, 15) is 4.79 Å². The highest BCUT2D eigenvalue weighted by Crippen LogP contribution is 2.36. The van der Waals surface area contributed by atoms with Crippen LogP contribution in [0.5, 0.6) is 11.5 Å². The Morgan fingerprint density at radius 3 is 2.45 bits per heavy atom. The van der Waals surface area contributed by atoms with Crippen molar-refractivity contribution in [2.24, 2.45) is 4.99 Å². The number of aliphatic imine (C=N–C) groups is 1. The summed E-state index contributed by atoms with van der Waals surface area (Å²) >= 11 is 1.38. The standard InChI is InChI=1S/C27H26N2O3S/c1-4-32-23-15-12-21(16-24(23)31-3)17-25-26(30)29(18-20-8-6-5-7-9-20)27(33-25)28-22-13-10-19(2)11-14-22/h5-17H,4,18H2,1-3H3/b25-17+,28-27?. The van der Waals surface area contributed by atoms with E-state index in [1.807, 2.05) is 92.7 Å². The van der Waals surface area contributed by atoms with E-state index in [1.54, 1.807) is 12.0 Å². The lowest BCUT2D eigenvalue weighted by Crippen LogP contribution is -2.28. The van der Waals surface area contributed by atoms with Crippen molar-refractivity contribution in [1.82, 2.24) is 4.90 Å². The van der Waals surface area contributed by atoms with Crippen molar-refractivity contribution >= 4 is 34.6 Å². The molecular weight excluding hydrogens is 432 g/mol. The van der Waals surface area contributed by atoms with E-state index in [-0.39, 0.29) is 5.91 Å². The smallest absolute Gasteiger partial charge is 0.267 e. The van der Waals surface area contributed by atoms with Crippen molar-refractivity contribution in [2.75, 3.05) is 13.7 Å². The molecule has 0 atom stereocenters. The molecule has 0 aliphatic carbocycles. The Balaban J connectivity index is 1.68. The van der Waals surface area contributed by atoms with E-state index >= 15 is 0 Å². The molecule has 1 aliphatic rings. The third-order valence-electron chi connectivity index (χ3n) is 5.12. The van der Waals surface area contributed by atoms with Gasteiger partial charge in [0.25, 0.3) is 5.91 Å². The van der Waals surface area contributed by atoms with E-state index in [2.05, 4.69) is 0 Å². The molecule has 3 aromatic carbocycles. The summed E-state index contributed by atoms with van der Waals surface area (Å²) in [6.07, 6.45) is 1.88. The highest BCUT2D eigenvalue weighted by molar-refractivity contribution is 8.18. The molecule has 6 heteroatoms. The Bertz CT molecular complexity index is 1190. The fourth-order valence-corrected chi connectivity index (χ4v) is 4.42. The quantitative estimate of drug-likeness (QED) is 0.395. The summed E-state index contributed by atoms with van der Waals surface area (Å²) in [6.45, 7) is 4.98. The average Bonchev–Trinajstić information content (AvgIpc) is 3.11. The van der Waals surface area contributed by atoms with Gasteiger partial charge in [0.15, 0.2) is 16.7 Å². The van der Waals surface area contributed by atoms with E-state index in [0.717, 1.165) is 16.8 Å². The molecule has 168 valence electrons. The largest absolute Gasteiger partial charge is 0.493 e. The predicted octanol–water partition coefficient (Wildman–Crippen LogP) is 6.21. The average molecular weight is 459 g/mol. The summed E-state index contributed by atoms with van der Waals surface area (Å²) in [5.74, 6) is 1.25. The third-order valence-corrected chi connectivity index (χ3v) is 6.12. The van der Waals surface area contributed by atoms with Gasteiger partial charge in [-0.05, 0) is 67.1 Å². The van der Waals surface area contributed by atoms with Gasteiger partial charge < -0.3 is 9.47 Å². The summed E-state index contributed by atoms with van der Waals surface area (Å²) in [5, 5.41) is 0.664. The maximum Gasteiger partial charge on any atom is 0.267 e. The molecule has 1 aliphatic heterocycles. The first-order chi connectivity index (χ1) is 16.1. The molecular formula is C27H26N2O3S. The summed E-state index contributed by atoms with van der Waals surface area (Å²) < 4.78 is 11.1. The number of nitrogens with zero attached hydrogens (tertiary/aromatic N) is 2. The number of rotatable bonds is 7. The van der Waals surface area contributed by atoms with Gasteiger partial charge in [-0.15, -0.1) is 0 Å². The number of thioether (sulfide) groups is 1. The van der Waals surface area contributed by atoms with Gasteiger partial charge in [0.1, 0.15) is 0 Å². The van der Waals surface area contributed by atoms with Gasteiger partial charge in [-0.3, -0.25) is 9.69 Å². The topological polar surface area (TPSA) is 51.1 Å². The van der Waals surface area contributed by atoms with E-state index in [0.29, 0.717) is 34.7 Å². The molecule has 0 radical (unpaired) electrons. The predicted molar refractivity (Wildman–Crippen MR) is 135 cm³/mol. The molecule has 0 aromatic heterocycles. The third kappa shape index (κ3) is 5.46. The van der Waals surface area contributed by atoms with Gasteiger partial charge in [-0.25, -0.2) is 4.99 Å². The van der Waals surface area contributed by atoms with Crippen molar-refractivity contribution < 1.29 is 14.3 Å². The molecule has 0 bridgehead atoms. The number of carbonyl (C=O) groups excluding carboxylic acids is 1. The fraction of sp³-hybridized carbons (Fsp3) is 0.185. The number of ether oxygens (including phenoxy) is 2. The van der Waals surface area contributed by atoms with Crippen molar-refractivity contribution in [2.45, 2.75) is 20.4 Å². The zero-order valence-electron chi connectivity index (χ0n) is 18.9. The molecule has 0 N–H and O–H groups in total.